The summed E-state index contributed by atoms with van der Waals surface area (Å²) in [5.74, 6) is 1.80. The third-order valence-electron chi connectivity index (χ3n) is 4.68. The van der Waals surface area contributed by atoms with Gasteiger partial charge in [0.1, 0.15) is 5.75 Å². The number of hydrogen-bond donors (Lipinski definition) is 1. The van der Waals surface area contributed by atoms with Crippen molar-refractivity contribution in [2.75, 3.05) is 20.2 Å². The highest BCUT2D eigenvalue weighted by atomic mass is 35.5. The third-order valence-corrected chi connectivity index (χ3v) is 4.91. The average Bonchev–Trinajstić information content (AvgIpc) is 2.47. The summed E-state index contributed by atoms with van der Waals surface area (Å²) in [4.78, 5) is 0. The molecule has 0 saturated heterocycles. The molecule has 0 spiro atoms. The fourth-order valence-corrected chi connectivity index (χ4v) is 3.49. The Balaban J connectivity index is 2.37. The highest BCUT2D eigenvalue weighted by Crippen LogP contribution is 2.45. The van der Waals surface area contributed by atoms with Crippen LogP contribution in [0.4, 0.5) is 0 Å². The molecule has 0 amide bonds. The summed E-state index contributed by atoms with van der Waals surface area (Å²) in [6.45, 7) is 6.52. The monoisotopic (exact) mass is 295 g/mol. The first-order valence-electron chi connectivity index (χ1n) is 7.66. The Kier molecular flexibility index (Phi) is 5.34. The summed E-state index contributed by atoms with van der Waals surface area (Å²) < 4.78 is 5.60. The molecule has 0 atom stereocenters. The van der Waals surface area contributed by atoms with Gasteiger partial charge >= 0.3 is 0 Å². The van der Waals surface area contributed by atoms with Crippen molar-refractivity contribution >= 4 is 11.6 Å². The molecule has 0 unspecified atom stereocenters. The zero-order valence-electron chi connectivity index (χ0n) is 12.8. The predicted octanol–water partition coefficient (Wildman–Crippen LogP) is 4.41. The molecule has 0 bridgehead atoms. The van der Waals surface area contributed by atoms with Crippen molar-refractivity contribution in [1.82, 2.24) is 5.32 Å². The highest BCUT2D eigenvalue weighted by molar-refractivity contribution is 6.30. The van der Waals surface area contributed by atoms with Gasteiger partial charge < -0.3 is 10.1 Å². The first-order chi connectivity index (χ1) is 9.61. The second-order valence-corrected chi connectivity index (χ2v) is 6.52. The lowest BCUT2D eigenvalue weighted by Crippen LogP contribution is -2.41. The van der Waals surface area contributed by atoms with Crippen LogP contribution in [0.1, 0.15) is 45.1 Å². The van der Waals surface area contributed by atoms with Crippen LogP contribution in [0.3, 0.4) is 0 Å². The number of ether oxygens (including phenoxy) is 1. The van der Waals surface area contributed by atoms with Crippen LogP contribution < -0.4 is 10.1 Å². The van der Waals surface area contributed by atoms with Crippen LogP contribution in [-0.4, -0.2) is 20.2 Å². The maximum atomic E-state index is 6.24. The van der Waals surface area contributed by atoms with Crippen LogP contribution in [0, 0.1) is 5.92 Å². The normalized spacial score (nSPS) is 26.5. The van der Waals surface area contributed by atoms with E-state index in [0.717, 1.165) is 29.8 Å². The molecule has 1 aliphatic rings. The number of halogens is 1. The van der Waals surface area contributed by atoms with Gasteiger partial charge in [0.15, 0.2) is 0 Å². The minimum Gasteiger partial charge on any atom is -0.496 e. The van der Waals surface area contributed by atoms with Crippen LogP contribution >= 0.6 is 11.6 Å². The van der Waals surface area contributed by atoms with Crippen molar-refractivity contribution in [2.24, 2.45) is 5.92 Å². The third kappa shape index (κ3) is 3.29. The van der Waals surface area contributed by atoms with Gasteiger partial charge in [-0.15, -0.1) is 0 Å². The van der Waals surface area contributed by atoms with Crippen molar-refractivity contribution < 1.29 is 4.74 Å². The molecule has 20 heavy (non-hydrogen) atoms. The van der Waals surface area contributed by atoms with Gasteiger partial charge in [-0.25, -0.2) is 0 Å². The molecule has 0 heterocycles. The van der Waals surface area contributed by atoms with E-state index in [1.165, 1.54) is 31.2 Å². The van der Waals surface area contributed by atoms with Gasteiger partial charge in [0.05, 0.1) is 7.11 Å². The zero-order valence-corrected chi connectivity index (χ0v) is 13.6. The van der Waals surface area contributed by atoms with Crippen molar-refractivity contribution in [2.45, 2.75) is 44.9 Å². The molecule has 1 saturated carbocycles. The first kappa shape index (κ1) is 15.7. The Bertz CT molecular complexity index is 433. The second-order valence-electron chi connectivity index (χ2n) is 6.09. The Morgan fingerprint density at radius 1 is 1.35 bits per heavy atom. The van der Waals surface area contributed by atoms with Crippen LogP contribution in [0.25, 0.3) is 0 Å². The molecule has 2 nitrogen and oxygen atoms in total. The van der Waals surface area contributed by atoms with E-state index in [4.69, 9.17) is 16.3 Å². The van der Waals surface area contributed by atoms with Gasteiger partial charge in [0, 0.05) is 22.5 Å². The van der Waals surface area contributed by atoms with E-state index >= 15 is 0 Å². The first-order valence-corrected chi connectivity index (χ1v) is 8.04. The van der Waals surface area contributed by atoms with Crippen molar-refractivity contribution in [1.29, 1.82) is 0 Å². The Morgan fingerprint density at radius 3 is 2.65 bits per heavy atom. The SMILES string of the molecule is CCNCC1(c2cc(Cl)ccc2OC)CCC(C)CC1. The van der Waals surface area contributed by atoms with Crippen molar-refractivity contribution in [3.05, 3.63) is 28.8 Å². The molecule has 1 fully saturated rings. The Morgan fingerprint density at radius 2 is 2.05 bits per heavy atom. The van der Waals surface area contributed by atoms with Gasteiger partial charge in [-0.05, 0) is 56.3 Å². The van der Waals surface area contributed by atoms with Crippen LogP contribution in [0.5, 0.6) is 5.75 Å². The molecule has 112 valence electrons. The summed E-state index contributed by atoms with van der Waals surface area (Å²) >= 11 is 6.24. The van der Waals surface area contributed by atoms with E-state index in [-0.39, 0.29) is 5.41 Å². The predicted molar refractivity (Wildman–Crippen MR) is 85.9 cm³/mol. The summed E-state index contributed by atoms with van der Waals surface area (Å²) in [5, 5.41) is 4.35. The van der Waals surface area contributed by atoms with Gasteiger partial charge in [-0.2, -0.15) is 0 Å². The van der Waals surface area contributed by atoms with Crippen molar-refractivity contribution in [3.8, 4) is 5.75 Å². The summed E-state index contributed by atoms with van der Waals surface area (Å²) in [5.41, 5.74) is 1.44. The van der Waals surface area contributed by atoms with E-state index in [1.54, 1.807) is 7.11 Å². The fourth-order valence-electron chi connectivity index (χ4n) is 3.31. The molecule has 0 aliphatic heterocycles. The van der Waals surface area contributed by atoms with Gasteiger partial charge in [-0.3, -0.25) is 0 Å². The van der Waals surface area contributed by atoms with Crippen LogP contribution in [-0.2, 0) is 5.41 Å². The number of nitrogens with one attached hydrogen (secondary N) is 1. The lowest BCUT2D eigenvalue weighted by atomic mass is 9.66. The molecule has 3 heteroatoms. The summed E-state index contributed by atoms with van der Waals surface area (Å²) in [7, 11) is 1.75. The standard InChI is InChI=1S/C17H26ClNO/c1-4-19-12-17(9-7-13(2)8-10-17)15-11-14(18)5-6-16(15)20-3/h5-6,11,13,19H,4,7-10,12H2,1-3H3. The summed E-state index contributed by atoms with van der Waals surface area (Å²) in [6, 6.07) is 6.02. The fraction of sp³-hybridized carbons (Fsp3) is 0.647. The number of rotatable bonds is 5. The molecule has 2 rings (SSSR count). The number of benzene rings is 1. The summed E-state index contributed by atoms with van der Waals surface area (Å²) in [6.07, 6.45) is 4.97. The van der Waals surface area contributed by atoms with E-state index in [2.05, 4.69) is 25.2 Å². The lowest BCUT2D eigenvalue weighted by molar-refractivity contribution is 0.228. The molecule has 1 aliphatic carbocycles. The maximum Gasteiger partial charge on any atom is 0.122 e. The smallest absolute Gasteiger partial charge is 0.122 e. The molecule has 0 radical (unpaired) electrons. The van der Waals surface area contributed by atoms with Crippen molar-refractivity contribution in [3.63, 3.8) is 0 Å². The maximum absolute atomic E-state index is 6.24. The van der Waals surface area contributed by atoms with Gasteiger partial charge in [0.25, 0.3) is 0 Å². The molecular weight excluding hydrogens is 270 g/mol. The number of methoxy groups -OCH3 is 1. The van der Waals surface area contributed by atoms with Crippen LogP contribution in [0.2, 0.25) is 5.02 Å². The highest BCUT2D eigenvalue weighted by Gasteiger charge is 2.37. The van der Waals surface area contributed by atoms with Gasteiger partial charge in [-0.1, -0.05) is 25.4 Å². The quantitative estimate of drug-likeness (QED) is 0.869. The Hall–Kier alpha value is -0.730. The number of likely N-dealkylation sites (N-methyl/N-ethyl adjacent to an activating group) is 1. The minimum atomic E-state index is 0.165. The molecule has 1 aromatic carbocycles. The molecule has 1 aromatic rings. The van der Waals surface area contributed by atoms with E-state index in [0.29, 0.717) is 0 Å². The largest absolute Gasteiger partial charge is 0.496 e. The number of hydrogen-bond acceptors (Lipinski definition) is 2. The van der Waals surface area contributed by atoms with Gasteiger partial charge in [0.2, 0.25) is 0 Å². The lowest BCUT2D eigenvalue weighted by Gasteiger charge is -2.41. The van der Waals surface area contributed by atoms with E-state index < -0.39 is 0 Å². The minimum absolute atomic E-state index is 0.165. The van der Waals surface area contributed by atoms with E-state index in [9.17, 15) is 0 Å². The molecule has 1 N–H and O–H groups in total. The Labute approximate surface area is 127 Å². The molecular formula is C17H26ClNO. The van der Waals surface area contributed by atoms with Crippen LogP contribution in [0.15, 0.2) is 18.2 Å². The average molecular weight is 296 g/mol. The molecule has 0 aromatic heterocycles. The second kappa shape index (κ2) is 6.82. The van der Waals surface area contributed by atoms with E-state index in [1.807, 2.05) is 12.1 Å². The topological polar surface area (TPSA) is 21.3 Å². The zero-order chi connectivity index (χ0) is 14.6.